The highest BCUT2D eigenvalue weighted by Crippen LogP contribution is 2.09. The molecule has 0 atom stereocenters. The van der Waals surface area contributed by atoms with E-state index < -0.39 is 0 Å². The van der Waals surface area contributed by atoms with E-state index in [1.165, 1.54) is 12.1 Å². The average Bonchev–Trinajstić information content (AvgIpc) is 2.01. The number of ether oxygens (including phenoxy) is 1. The molecule has 0 amide bonds. The molecule has 0 saturated carbocycles. The first-order valence-corrected chi connectivity index (χ1v) is 4.41. The number of likely N-dealkylation sites (N-methyl/N-ethyl adjacent to an activating group) is 1. The third-order valence-electron chi connectivity index (χ3n) is 1.70. The molecule has 0 bridgehead atoms. The van der Waals surface area contributed by atoms with Crippen molar-refractivity contribution in [2.24, 2.45) is 0 Å². The second kappa shape index (κ2) is 5.01. The van der Waals surface area contributed by atoms with Crippen LogP contribution < -0.4 is 10.2 Å². The highest BCUT2D eigenvalue weighted by molar-refractivity contribution is 6.32. The smallest absolute Gasteiger partial charge is 0.126 e. The molecule has 2 radical (unpaired) electrons. The molecular formula is C10H13BFNO. The van der Waals surface area contributed by atoms with E-state index in [0.717, 1.165) is 6.54 Å². The van der Waals surface area contributed by atoms with Crippen molar-refractivity contribution in [3.05, 3.63) is 24.0 Å². The lowest BCUT2D eigenvalue weighted by molar-refractivity contribution is 0.261. The summed E-state index contributed by atoms with van der Waals surface area (Å²) in [6.45, 7) is 1.31. The molecule has 74 valence electrons. The van der Waals surface area contributed by atoms with E-state index in [-0.39, 0.29) is 5.82 Å². The minimum absolute atomic E-state index is 0.371. The van der Waals surface area contributed by atoms with Gasteiger partial charge in [-0.25, -0.2) is 4.39 Å². The molecule has 0 saturated heterocycles. The summed E-state index contributed by atoms with van der Waals surface area (Å²) in [4.78, 5) is 1.99. The summed E-state index contributed by atoms with van der Waals surface area (Å²) in [6, 6.07) is 4.20. The van der Waals surface area contributed by atoms with Crippen LogP contribution in [0.3, 0.4) is 0 Å². The van der Waals surface area contributed by atoms with Crippen molar-refractivity contribution >= 4 is 13.3 Å². The van der Waals surface area contributed by atoms with E-state index >= 15 is 0 Å². The van der Waals surface area contributed by atoms with Crippen molar-refractivity contribution in [1.82, 2.24) is 4.90 Å². The van der Waals surface area contributed by atoms with Crippen LogP contribution >= 0.6 is 0 Å². The van der Waals surface area contributed by atoms with Crippen molar-refractivity contribution in [3.8, 4) is 5.75 Å². The van der Waals surface area contributed by atoms with E-state index in [9.17, 15) is 4.39 Å². The minimum atomic E-state index is -0.371. The number of hydrogen-bond donors (Lipinski definition) is 0. The van der Waals surface area contributed by atoms with Crippen LogP contribution in [0.2, 0.25) is 0 Å². The van der Waals surface area contributed by atoms with Crippen LogP contribution in [0.15, 0.2) is 18.2 Å². The summed E-state index contributed by atoms with van der Waals surface area (Å²) in [5.74, 6) is 0.106. The molecule has 0 aliphatic carbocycles. The SMILES string of the molecule is [B]c1cc(F)cc(OCCN(C)C)c1. The summed E-state index contributed by atoms with van der Waals surface area (Å²) in [5, 5.41) is 0. The van der Waals surface area contributed by atoms with Gasteiger partial charge in [0.25, 0.3) is 0 Å². The Balaban J connectivity index is 2.50. The highest BCUT2D eigenvalue weighted by atomic mass is 19.1. The molecule has 0 aliphatic heterocycles. The van der Waals surface area contributed by atoms with E-state index in [1.54, 1.807) is 6.07 Å². The number of hydrogen-bond acceptors (Lipinski definition) is 2. The Morgan fingerprint density at radius 2 is 2.07 bits per heavy atom. The van der Waals surface area contributed by atoms with Crippen LogP contribution in [0, 0.1) is 5.82 Å². The summed E-state index contributed by atoms with van der Waals surface area (Å²) >= 11 is 0. The Labute approximate surface area is 85.1 Å². The Morgan fingerprint density at radius 1 is 1.36 bits per heavy atom. The van der Waals surface area contributed by atoms with Crippen molar-refractivity contribution in [1.29, 1.82) is 0 Å². The Morgan fingerprint density at radius 3 is 2.64 bits per heavy atom. The third-order valence-corrected chi connectivity index (χ3v) is 1.70. The Kier molecular flexibility index (Phi) is 3.95. The van der Waals surface area contributed by atoms with Gasteiger partial charge in [0.15, 0.2) is 0 Å². The Hall–Kier alpha value is -1.03. The topological polar surface area (TPSA) is 12.5 Å². The van der Waals surface area contributed by atoms with Crippen LogP contribution in [-0.4, -0.2) is 40.0 Å². The zero-order valence-corrected chi connectivity index (χ0v) is 8.46. The molecule has 0 spiro atoms. The first-order chi connectivity index (χ1) is 6.58. The van der Waals surface area contributed by atoms with Crippen molar-refractivity contribution in [2.75, 3.05) is 27.2 Å². The maximum Gasteiger partial charge on any atom is 0.126 e. The predicted octanol–water partition coefficient (Wildman–Crippen LogP) is 0.560. The molecule has 0 aliphatic rings. The van der Waals surface area contributed by atoms with Gasteiger partial charge in [-0.05, 0) is 26.2 Å². The maximum absolute atomic E-state index is 12.8. The molecule has 0 aromatic heterocycles. The number of rotatable bonds is 4. The normalized spacial score (nSPS) is 10.6. The van der Waals surface area contributed by atoms with E-state index in [4.69, 9.17) is 12.6 Å². The van der Waals surface area contributed by atoms with Crippen molar-refractivity contribution < 1.29 is 9.13 Å². The molecule has 1 aromatic carbocycles. The van der Waals surface area contributed by atoms with Gasteiger partial charge in [0.2, 0.25) is 0 Å². The van der Waals surface area contributed by atoms with Gasteiger partial charge in [-0.3, -0.25) is 0 Å². The number of halogens is 1. The molecular weight excluding hydrogens is 180 g/mol. The van der Waals surface area contributed by atoms with Gasteiger partial charge < -0.3 is 9.64 Å². The summed E-state index contributed by atoms with van der Waals surface area (Å²) in [5.41, 5.74) is 0.379. The molecule has 0 N–H and O–H groups in total. The fourth-order valence-electron chi connectivity index (χ4n) is 1.01. The zero-order valence-electron chi connectivity index (χ0n) is 8.46. The van der Waals surface area contributed by atoms with Crippen LogP contribution in [0.1, 0.15) is 0 Å². The quantitative estimate of drug-likeness (QED) is 0.647. The molecule has 0 fully saturated rings. The molecule has 14 heavy (non-hydrogen) atoms. The fourth-order valence-corrected chi connectivity index (χ4v) is 1.01. The lowest BCUT2D eigenvalue weighted by atomic mass is 9.96. The standard InChI is InChI=1S/C10H13BFNO/c1-13(2)3-4-14-10-6-8(11)5-9(12)7-10/h5-7H,3-4H2,1-2H3. The predicted molar refractivity (Wildman–Crippen MR) is 55.8 cm³/mol. The van der Waals surface area contributed by atoms with Gasteiger partial charge in [-0.15, -0.1) is 0 Å². The second-order valence-corrected chi connectivity index (χ2v) is 3.37. The van der Waals surface area contributed by atoms with Gasteiger partial charge in [0.05, 0.1) is 0 Å². The fraction of sp³-hybridized carbons (Fsp3) is 0.400. The first kappa shape index (κ1) is 11.1. The van der Waals surface area contributed by atoms with Gasteiger partial charge in [0.1, 0.15) is 26.0 Å². The molecule has 1 aromatic rings. The highest BCUT2D eigenvalue weighted by Gasteiger charge is 1.98. The van der Waals surface area contributed by atoms with E-state index in [0.29, 0.717) is 17.8 Å². The van der Waals surface area contributed by atoms with Crippen LogP contribution in [0.5, 0.6) is 5.75 Å². The molecule has 1 rings (SSSR count). The lowest BCUT2D eigenvalue weighted by Gasteiger charge is -2.11. The minimum Gasteiger partial charge on any atom is -0.492 e. The summed E-state index contributed by atoms with van der Waals surface area (Å²) in [7, 11) is 9.36. The summed E-state index contributed by atoms with van der Waals surface area (Å²) in [6.07, 6.45) is 0. The monoisotopic (exact) mass is 193 g/mol. The van der Waals surface area contributed by atoms with Gasteiger partial charge >= 0.3 is 0 Å². The van der Waals surface area contributed by atoms with Gasteiger partial charge in [0, 0.05) is 12.6 Å². The van der Waals surface area contributed by atoms with Crippen LogP contribution in [0.25, 0.3) is 0 Å². The third kappa shape index (κ3) is 3.79. The lowest BCUT2D eigenvalue weighted by Crippen LogP contribution is -2.19. The maximum atomic E-state index is 12.8. The second-order valence-electron chi connectivity index (χ2n) is 3.37. The zero-order chi connectivity index (χ0) is 10.6. The van der Waals surface area contributed by atoms with Crippen LogP contribution in [0.4, 0.5) is 4.39 Å². The summed E-state index contributed by atoms with van der Waals surface area (Å²) < 4.78 is 18.2. The van der Waals surface area contributed by atoms with Crippen molar-refractivity contribution in [3.63, 3.8) is 0 Å². The molecule has 2 nitrogen and oxygen atoms in total. The number of nitrogens with zero attached hydrogens (tertiary/aromatic N) is 1. The van der Waals surface area contributed by atoms with E-state index in [2.05, 4.69) is 0 Å². The largest absolute Gasteiger partial charge is 0.492 e. The van der Waals surface area contributed by atoms with Crippen molar-refractivity contribution in [2.45, 2.75) is 0 Å². The Bertz CT molecular complexity index is 284. The first-order valence-electron chi connectivity index (χ1n) is 4.41. The van der Waals surface area contributed by atoms with E-state index in [1.807, 2.05) is 19.0 Å². The molecule has 4 heteroatoms. The van der Waals surface area contributed by atoms with Crippen LogP contribution in [-0.2, 0) is 0 Å². The molecule has 0 heterocycles. The van der Waals surface area contributed by atoms with Gasteiger partial charge in [-0.1, -0.05) is 5.46 Å². The average molecular weight is 193 g/mol. The number of benzene rings is 1. The molecule has 0 unspecified atom stereocenters. The van der Waals surface area contributed by atoms with Gasteiger partial charge in [-0.2, -0.15) is 0 Å².